The predicted molar refractivity (Wildman–Crippen MR) is 62.2 cm³/mol. The maximum atomic E-state index is 5.67. The number of rotatable bonds is 0. The third kappa shape index (κ3) is 1.64. The molecule has 0 bridgehead atoms. The second-order valence-electron chi connectivity index (χ2n) is 5.00. The van der Waals surface area contributed by atoms with Gasteiger partial charge in [0.25, 0.3) is 0 Å². The number of nitrogens with zero attached hydrogens (tertiary/aromatic N) is 2. The van der Waals surface area contributed by atoms with Gasteiger partial charge in [0, 0.05) is 31.4 Å². The molecule has 1 aromatic heterocycles. The molecule has 2 aliphatic heterocycles. The van der Waals surface area contributed by atoms with Gasteiger partial charge in [-0.1, -0.05) is 0 Å². The summed E-state index contributed by atoms with van der Waals surface area (Å²) in [5.41, 5.74) is 5.59. The highest BCUT2D eigenvalue weighted by molar-refractivity contribution is 5.39. The van der Waals surface area contributed by atoms with E-state index in [9.17, 15) is 0 Å². The molecular weight excluding hydrogens is 200 g/mol. The van der Waals surface area contributed by atoms with E-state index >= 15 is 0 Å². The summed E-state index contributed by atoms with van der Waals surface area (Å²) in [5, 5.41) is 0. The van der Waals surface area contributed by atoms with Gasteiger partial charge in [0.1, 0.15) is 0 Å². The van der Waals surface area contributed by atoms with Crippen molar-refractivity contribution >= 4 is 0 Å². The Hall–Kier alpha value is -0.930. The number of aromatic nitrogens is 1. The molecule has 0 saturated heterocycles. The average molecular weight is 218 g/mol. The molecule has 0 amide bonds. The Bertz CT molecular complexity index is 378. The van der Waals surface area contributed by atoms with Crippen LogP contribution in [0.3, 0.4) is 0 Å². The molecule has 3 heteroatoms. The second-order valence-corrected chi connectivity index (χ2v) is 5.00. The van der Waals surface area contributed by atoms with Crippen LogP contribution in [-0.4, -0.2) is 29.6 Å². The van der Waals surface area contributed by atoms with Crippen LogP contribution in [0.15, 0.2) is 6.20 Å². The first-order valence-electron chi connectivity index (χ1n) is 6.02. The summed E-state index contributed by atoms with van der Waals surface area (Å²) in [7, 11) is 2.19. The van der Waals surface area contributed by atoms with E-state index in [1.807, 2.05) is 6.20 Å². The van der Waals surface area contributed by atoms with Crippen molar-refractivity contribution in [1.29, 1.82) is 0 Å². The Morgan fingerprint density at radius 3 is 3.19 bits per heavy atom. The van der Waals surface area contributed by atoms with Crippen LogP contribution in [0.5, 0.6) is 0 Å². The van der Waals surface area contributed by atoms with Crippen molar-refractivity contribution in [2.75, 3.05) is 13.6 Å². The Morgan fingerprint density at radius 2 is 2.31 bits per heavy atom. The first-order chi connectivity index (χ1) is 7.74. The molecule has 16 heavy (non-hydrogen) atoms. The summed E-state index contributed by atoms with van der Waals surface area (Å²) < 4.78 is 5.67. The van der Waals surface area contributed by atoms with E-state index in [1.165, 1.54) is 22.4 Å². The Morgan fingerprint density at radius 1 is 1.44 bits per heavy atom. The molecule has 0 aromatic carbocycles. The van der Waals surface area contributed by atoms with Crippen molar-refractivity contribution in [2.24, 2.45) is 0 Å². The highest BCUT2D eigenvalue weighted by Crippen LogP contribution is 2.28. The number of ether oxygens (including phenoxy) is 1. The van der Waals surface area contributed by atoms with Crippen LogP contribution in [0.4, 0.5) is 0 Å². The summed E-state index contributed by atoms with van der Waals surface area (Å²) in [6.45, 7) is 5.08. The van der Waals surface area contributed by atoms with Gasteiger partial charge in [-0.3, -0.25) is 4.98 Å². The van der Waals surface area contributed by atoms with Crippen LogP contribution in [0.1, 0.15) is 29.3 Å². The monoisotopic (exact) mass is 218 g/mol. The molecular formula is C13H18N2O. The zero-order valence-electron chi connectivity index (χ0n) is 9.99. The van der Waals surface area contributed by atoms with Crippen LogP contribution < -0.4 is 0 Å². The molecule has 0 saturated carbocycles. The van der Waals surface area contributed by atoms with Crippen molar-refractivity contribution in [3.63, 3.8) is 0 Å². The zero-order chi connectivity index (χ0) is 11.1. The van der Waals surface area contributed by atoms with Gasteiger partial charge in [0.05, 0.1) is 12.7 Å². The van der Waals surface area contributed by atoms with Crippen LogP contribution in [0.2, 0.25) is 0 Å². The Labute approximate surface area is 96.4 Å². The molecule has 2 aliphatic rings. The molecule has 0 spiro atoms. The lowest BCUT2D eigenvalue weighted by atomic mass is 9.92. The molecule has 3 rings (SSSR count). The minimum absolute atomic E-state index is 0.353. The first kappa shape index (κ1) is 10.2. The quantitative estimate of drug-likeness (QED) is 0.660. The lowest BCUT2D eigenvalue weighted by Crippen LogP contribution is -2.31. The summed E-state index contributed by atoms with van der Waals surface area (Å²) in [6.07, 6.45) is 4.51. The zero-order valence-corrected chi connectivity index (χ0v) is 9.99. The van der Waals surface area contributed by atoms with E-state index in [-0.39, 0.29) is 0 Å². The number of likely N-dealkylation sites (N-methyl/N-ethyl adjacent to an activating group) is 1. The maximum absolute atomic E-state index is 5.67. The van der Waals surface area contributed by atoms with E-state index in [0.717, 1.165) is 32.5 Å². The normalized spacial score (nSPS) is 25.0. The van der Waals surface area contributed by atoms with E-state index in [2.05, 4.69) is 23.9 Å². The molecule has 86 valence electrons. The predicted octanol–water partition coefficient (Wildman–Crippen LogP) is 1.53. The minimum Gasteiger partial charge on any atom is -0.373 e. The van der Waals surface area contributed by atoms with Gasteiger partial charge in [-0.25, -0.2) is 0 Å². The maximum Gasteiger partial charge on any atom is 0.0738 e. The van der Waals surface area contributed by atoms with Crippen molar-refractivity contribution in [3.8, 4) is 0 Å². The van der Waals surface area contributed by atoms with E-state index < -0.39 is 0 Å². The lowest BCUT2D eigenvalue weighted by Gasteiger charge is -2.31. The summed E-state index contributed by atoms with van der Waals surface area (Å²) in [4.78, 5) is 6.96. The topological polar surface area (TPSA) is 25.4 Å². The summed E-state index contributed by atoms with van der Waals surface area (Å²) in [5.74, 6) is 0. The van der Waals surface area contributed by atoms with Gasteiger partial charge < -0.3 is 9.64 Å². The molecule has 1 atom stereocenters. The second kappa shape index (κ2) is 3.82. The van der Waals surface area contributed by atoms with Crippen LogP contribution in [0, 0.1) is 0 Å². The minimum atomic E-state index is 0.353. The molecule has 0 N–H and O–H groups in total. The van der Waals surface area contributed by atoms with Gasteiger partial charge in [-0.15, -0.1) is 0 Å². The van der Waals surface area contributed by atoms with Crippen LogP contribution in [-0.2, 0) is 30.7 Å². The van der Waals surface area contributed by atoms with E-state index in [0.29, 0.717) is 6.10 Å². The van der Waals surface area contributed by atoms with Crippen molar-refractivity contribution < 1.29 is 4.74 Å². The Kier molecular flexibility index (Phi) is 2.45. The van der Waals surface area contributed by atoms with Gasteiger partial charge >= 0.3 is 0 Å². The fraction of sp³-hybridized carbons (Fsp3) is 0.615. The summed E-state index contributed by atoms with van der Waals surface area (Å²) >= 11 is 0. The molecule has 0 radical (unpaired) electrons. The van der Waals surface area contributed by atoms with Gasteiger partial charge in [-0.05, 0) is 37.1 Å². The fourth-order valence-electron chi connectivity index (χ4n) is 2.68. The first-order valence-corrected chi connectivity index (χ1v) is 6.02. The SMILES string of the molecule is CC1Cc2c(cnc3c2CN(C)CC3)CO1. The number of pyridine rings is 1. The van der Waals surface area contributed by atoms with E-state index in [1.54, 1.807) is 0 Å². The van der Waals surface area contributed by atoms with Crippen molar-refractivity contribution in [2.45, 2.75) is 39.0 Å². The standard InChI is InChI=1S/C13H18N2O/c1-9-5-11-10(8-16-9)6-14-13-3-4-15(2)7-12(11)13/h6,9H,3-5,7-8H2,1-2H3. The number of fused-ring (bicyclic) bond motifs is 3. The van der Waals surface area contributed by atoms with Gasteiger partial charge in [0.15, 0.2) is 0 Å². The number of hydrogen-bond donors (Lipinski definition) is 0. The smallest absolute Gasteiger partial charge is 0.0738 e. The molecule has 0 aliphatic carbocycles. The van der Waals surface area contributed by atoms with Gasteiger partial charge in [0.2, 0.25) is 0 Å². The number of hydrogen-bond acceptors (Lipinski definition) is 3. The average Bonchev–Trinajstić information content (AvgIpc) is 2.29. The molecule has 0 fully saturated rings. The Balaban J connectivity index is 2.06. The lowest BCUT2D eigenvalue weighted by molar-refractivity contribution is 0.0401. The highest BCUT2D eigenvalue weighted by Gasteiger charge is 2.24. The third-order valence-corrected chi connectivity index (χ3v) is 3.65. The molecule has 1 aromatic rings. The highest BCUT2D eigenvalue weighted by atomic mass is 16.5. The van der Waals surface area contributed by atoms with Crippen molar-refractivity contribution in [1.82, 2.24) is 9.88 Å². The molecule has 3 nitrogen and oxygen atoms in total. The summed E-state index contributed by atoms with van der Waals surface area (Å²) in [6, 6.07) is 0. The largest absolute Gasteiger partial charge is 0.373 e. The molecule has 1 unspecified atom stereocenters. The fourth-order valence-corrected chi connectivity index (χ4v) is 2.68. The van der Waals surface area contributed by atoms with Crippen molar-refractivity contribution in [3.05, 3.63) is 28.6 Å². The molecule has 3 heterocycles. The van der Waals surface area contributed by atoms with Crippen LogP contribution >= 0.6 is 0 Å². The third-order valence-electron chi connectivity index (χ3n) is 3.65. The van der Waals surface area contributed by atoms with Gasteiger partial charge in [-0.2, -0.15) is 0 Å². The van der Waals surface area contributed by atoms with Crippen LogP contribution in [0.25, 0.3) is 0 Å². The van der Waals surface area contributed by atoms with E-state index in [4.69, 9.17) is 4.74 Å².